The van der Waals surface area contributed by atoms with Crippen LogP contribution in [0.2, 0.25) is 0 Å². The predicted molar refractivity (Wildman–Crippen MR) is 78.0 cm³/mol. The van der Waals surface area contributed by atoms with Crippen molar-refractivity contribution in [1.29, 1.82) is 0 Å². The van der Waals surface area contributed by atoms with E-state index in [1.54, 1.807) is 0 Å². The number of aliphatic hydroxyl groups excluding tert-OH is 1. The van der Waals surface area contributed by atoms with Crippen molar-refractivity contribution >= 4 is 11.8 Å². The Kier molecular flexibility index (Phi) is 6.99. The second-order valence-corrected chi connectivity index (χ2v) is 5.90. The van der Waals surface area contributed by atoms with E-state index in [4.69, 9.17) is 0 Å². The molecule has 0 aromatic heterocycles. The molecule has 4 atom stereocenters. The first-order chi connectivity index (χ1) is 9.47. The lowest BCUT2D eigenvalue weighted by molar-refractivity contribution is -0.120. The first-order valence-corrected chi connectivity index (χ1v) is 7.69. The maximum Gasteiger partial charge on any atom is 0.220 e. The number of nitrogens with one attached hydrogen (secondary N) is 2. The molecule has 0 radical (unpaired) electrons. The summed E-state index contributed by atoms with van der Waals surface area (Å²) in [5.74, 6) is 1.73. The Labute approximate surface area is 121 Å². The van der Waals surface area contributed by atoms with Crippen LogP contribution in [0.5, 0.6) is 0 Å². The summed E-state index contributed by atoms with van der Waals surface area (Å²) in [5, 5.41) is 14.8. The molecule has 5 heteroatoms. The van der Waals surface area contributed by atoms with E-state index in [2.05, 4.69) is 24.5 Å². The van der Waals surface area contributed by atoms with Crippen molar-refractivity contribution in [3.8, 4) is 0 Å². The molecule has 2 fully saturated rings. The maximum atomic E-state index is 10.8. The second-order valence-electron chi connectivity index (χ2n) is 5.90. The molecule has 5 nitrogen and oxygen atoms in total. The maximum absolute atomic E-state index is 10.8. The molecule has 0 aromatic rings. The molecule has 20 heavy (non-hydrogen) atoms. The van der Waals surface area contributed by atoms with Crippen LogP contribution in [-0.4, -0.2) is 36.1 Å². The van der Waals surface area contributed by atoms with Crippen LogP contribution in [0.25, 0.3) is 0 Å². The van der Waals surface area contributed by atoms with Crippen molar-refractivity contribution in [3.63, 3.8) is 0 Å². The molecule has 0 aromatic carbocycles. The number of hydrogen-bond donors (Lipinski definition) is 3. The molecule has 2 amide bonds. The first kappa shape index (κ1) is 17.0. The number of aliphatic hydroxyl groups is 1. The Morgan fingerprint density at radius 3 is 1.90 bits per heavy atom. The third-order valence-corrected chi connectivity index (χ3v) is 4.43. The minimum atomic E-state index is -0.307. The summed E-state index contributed by atoms with van der Waals surface area (Å²) in [6.07, 6.45) is 2.85. The third kappa shape index (κ3) is 5.12. The summed E-state index contributed by atoms with van der Waals surface area (Å²) < 4.78 is 0. The third-order valence-electron chi connectivity index (χ3n) is 4.43. The SMILES string of the molecule is CC[C@@H](C)[C@@H]1CNC(=O)C1.CC[C@@H](O)[C@@H]1CNC(=O)C1. The van der Waals surface area contributed by atoms with Crippen LogP contribution in [-0.2, 0) is 9.59 Å². The van der Waals surface area contributed by atoms with Crippen molar-refractivity contribution < 1.29 is 14.7 Å². The summed E-state index contributed by atoms with van der Waals surface area (Å²) in [6.45, 7) is 7.85. The van der Waals surface area contributed by atoms with Gasteiger partial charge in [-0.2, -0.15) is 0 Å². The zero-order valence-electron chi connectivity index (χ0n) is 12.8. The lowest BCUT2D eigenvalue weighted by atomic mass is 9.91. The van der Waals surface area contributed by atoms with E-state index in [1.165, 1.54) is 6.42 Å². The van der Waals surface area contributed by atoms with Crippen molar-refractivity contribution in [2.24, 2.45) is 17.8 Å². The normalized spacial score (nSPS) is 28.2. The standard InChI is InChI=1S/C8H15NO.C7H13NO2/c1-3-6(2)7-4-8(10)9-5-7;1-2-6(9)5-3-7(10)8-4-5/h6-7H,3-5H2,1-2H3,(H,9,10);5-6,9H,2-4H2,1H3,(H,8,10)/t6-,7+;5-,6+/m10/s1. The molecule has 2 saturated heterocycles. The summed E-state index contributed by atoms with van der Waals surface area (Å²) in [4.78, 5) is 21.4. The topological polar surface area (TPSA) is 78.4 Å². The van der Waals surface area contributed by atoms with E-state index in [0.29, 0.717) is 24.8 Å². The molecule has 2 aliphatic heterocycles. The molecule has 2 aliphatic rings. The average molecular weight is 284 g/mol. The van der Waals surface area contributed by atoms with Crippen LogP contribution < -0.4 is 10.6 Å². The molecule has 2 heterocycles. The van der Waals surface area contributed by atoms with Crippen LogP contribution in [0.4, 0.5) is 0 Å². The number of carbonyl (C=O) groups excluding carboxylic acids is 2. The Morgan fingerprint density at radius 1 is 1.05 bits per heavy atom. The van der Waals surface area contributed by atoms with Gasteiger partial charge in [0.05, 0.1) is 6.10 Å². The van der Waals surface area contributed by atoms with Crippen molar-refractivity contribution in [2.75, 3.05) is 13.1 Å². The quantitative estimate of drug-likeness (QED) is 0.722. The Morgan fingerprint density at radius 2 is 1.55 bits per heavy atom. The van der Waals surface area contributed by atoms with Crippen LogP contribution in [0.3, 0.4) is 0 Å². The molecule has 0 saturated carbocycles. The highest BCUT2D eigenvalue weighted by atomic mass is 16.3. The van der Waals surface area contributed by atoms with E-state index < -0.39 is 0 Å². The van der Waals surface area contributed by atoms with Gasteiger partial charge in [-0.3, -0.25) is 9.59 Å². The van der Waals surface area contributed by atoms with Gasteiger partial charge in [-0.05, 0) is 18.3 Å². The van der Waals surface area contributed by atoms with Crippen LogP contribution in [0.1, 0.15) is 46.5 Å². The van der Waals surface area contributed by atoms with Crippen molar-refractivity contribution in [2.45, 2.75) is 52.6 Å². The average Bonchev–Trinajstić information content (AvgIpc) is 3.06. The van der Waals surface area contributed by atoms with Gasteiger partial charge in [-0.15, -0.1) is 0 Å². The monoisotopic (exact) mass is 284 g/mol. The van der Waals surface area contributed by atoms with E-state index >= 15 is 0 Å². The number of carbonyl (C=O) groups is 2. The molecule has 0 aliphatic carbocycles. The minimum Gasteiger partial charge on any atom is -0.393 e. The molecule has 2 rings (SSSR count). The van der Waals surface area contributed by atoms with E-state index in [1.807, 2.05) is 6.92 Å². The molecule has 0 bridgehead atoms. The fourth-order valence-electron chi connectivity index (χ4n) is 2.60. The molecular weight excluding hydrogens is 256 g/mol. The van der Waals surface area contributed by atoms with Gasteiger partial charge < -0.3 is 15.7 Å². The molecule has 0 unspecified atom stereocenters. The molecule has 3 N–H and O–H groups in total. The highest BCUT2D eigenvalue weighted by molar-refractivity contribution is 5.78. The smallest absolute Gasteiger partial charge is 0.220 e. The van der Waals surface area contributed by atoms with Gasteiger partial charge in [0.25, 0.3) is 0 Å². The zero-order valence-corrected chi connectivity index (χ0v) is 12.8. The minimum absolute atomic E-state index is 0.0671. The Hall–Kier alpha value is -1.10. The van der Waals surface area contributed by atoms with Crippen molar-refractivity contribution in [1.82, 2.24) is 10.6 Å². The Bertz CT molecular complexity index is 301. The van der Waals surface area contributed by atoms with E-state index in [0.717, 1.165) is 19.4 Å². The van der Waals surface area contributed by atoms with Crippen molar-refractivity contribution in [3.05, 3.63) is 0 Å². The molecule has 116 valence electrons. The second kappa shape index (κ2) is 8.25. The number of amides is 2. The van der Waals surface area contributed by atoms with Gasteiger partial charge >= 0.3 is 0 Å². The fourth-order valence-corrected chi connectivity index (χ4v) is 2.60. The zero-order chi connectivity index (χ0) is 15.1. The summed E-state index contributed by atoms with van der Waals surface area (Å²) >= 11 is 0. The van der Waals surface area contributed by atoms with Gasteiger partial charge in [0.15, 0.2) is 0 Å². The van der Waals surface area contributed by atoms with E-state index in [-0.39, 0.29) is 23.8 Å². The highest BCUT2D eigenvalue weighted by Gasteiger charge is 2.26. The predicted octanol–water partition coefficient (Wildman–Crippen LogP) is 1.06. The van der Waals surface area contributed by atoms with Crippen LogP contribution >= 0.6 is 0 Å². The largest absolute Gasteiger partial charge is 0.393 e. The lowest BCUT2D eigenvalue weighted by Gasteiger charge is -2.13. The molecular formula is C15H28N2O3. The Balaban J connectivity index is 0.000000200. The van der Waals surface area contributed by atoms with Gasteiger partial charge in [0.2, 0.25) is 11.8 Å². The molecule has 0 spiro atoms. The fraction of sp³-hybridized carbons (Fsp3) is 0.867. The van der Waals surface area contributed by atoms with Gasteiger partial charge in [-0.1, -0.05) is 27.2 Å². The summed E-state index contributed by atoms with van der Waals surface area (Å²) in [5.41, 5.74) is 0. The lowest BCUT2D eigenvalue weighted by Crippen LogP contribution is -2.21. The van der Waals surface area contributed by atoms with Crippen LogP contribution in [0, 0.1) is 17.8 Å². The number of rotatable bonds is 4. The van der Waals surface area contributed by atoms with Crippen LogP contribution in [0.15, 0.2) is 0 Å². The van der Waals surface area contributed by atoms with Gasteiger partial charge in [-0.25, -0.2) is 0 Å². The van der Waals surface area contributed by atoms with E-state index in [9.17, 15) is 14.7 Å². The highest BCUT2D eigenvalue weighted by Crippen LogP contribution is 2.21. The summed E-state index contributed by atoms with van der Waals surface area (Å²) in [7, 11) is 0. The summed E-state index contributed by atoms with van der Waals surface area (Å²) in [6, 6.07) is 0. The number of hydrogen-bond acceptors (Lipinski definition) is 3. The van der Waals surface area contributed by atoms with Gasteiger partial charge in [0.1, 0.15) is 0 Å². The van der Waals surface area contributed by atoms with Gasteiger partial charge in [0, 0.05) is 31.8 Å². The first-order valence-electron chi connectivity index (χ1n) is 7.69.